The van der Waals surface area contributed by atoms with Crippen LogP contribution in [0.15, 0.2) is 18.2 Å². The Bertz CT molecular complexity index is 456. The summed E-state index contributed by atoms with van der Waals surface area (Å²) in [6.45, 7) is 6.08. The molecule has 110 valence electrons. The minimum Gasteiger partial charge on any atom is -0.496 e. The Kier molecular flexibility index (Phi) is 4.02. The highest BCUT2D eigenvalue weighted by atomic mass is 16.5. The SMILES string of the molecule is COc1cccc2c1CC(N1C[C@@H](C)CC[C@@H]1C)CC2. The molecule has 0 bridgehead atoms. The summed E-state index contributed by atoms with van der Waals surface area (Å²) in [5.74, 6) is 1.94. The van der Waals surface area contributed by atoms with E-state index in [0.717, 1.165) is 24.1 Å². The van der Waals surface area contributed by atoms with E-state index in [-0.39, 0.29) is 0 Å². The topological polar surface area (TPSA) is 12.5 Å². The third-order valence-corrected chi connectivity index (χ3v) is 5.27. The van der Waals surface area contributed by atoms with Gasteiger partial charge >= 0.3 is 0 Å². The quantitative estimate of drug-likeness (QED) is 0.815. The molecule has 1 aromatic rings. The van der Waals surface area contributed by atoms with Gasteiger partial charge in [-0.15, -0.1) is 0 Å². The molecule has 2 nitrogen and oxygen atoms in total. The highest BCUT2D eigenvalue weighted by Crippen LogP contribution is 2.34. The molecule has 1 aliphatic carbocycles. The molecule has 1 saturated heterocycles. The molecule has 0 amide bonds. The van der Waals surface area contributed by atoms with Crippen molar-refractivity contribution in [1.29, 1.82) is 0 Å². The molecule has 3 rings (SSSR count). The number of piperidine rings is 1. The normalized spacial score (nSPS) is 30.9. The molecule has 1 unspecified atom stereocenters. The molecule has 20 heavy (non-hydrogen) atoms. The predicted octanol–water partition coefficient (Wildman–Crippen LogP) is 3.67. The van der Waals surface area contributed by atoms with Gasteiger partial charge in [-0.25, -0.2) is 0 Å². The predicted molar refractivity (Wildman–Crippen MR) is 83.4 cm³/mol. The molecule has 1 aliphatic heterocycles. The second-order valence-electron chi connectivity index (χ2n) is 6.72. The average molecular weight is 273 g/mol. The standard InChI is InChI=1S/C18H27NO/c1-13-7-8-14(2)19(12-13)16-10-9-15-5-4-6-18(20-3)17(15)11-16/h4-6,13-14,16H,7-12H2,1-3H3/t13-,14-,16?/m0/s1. The molecule has 0 N–H and O–H groups in total. The van der Waals surface area contributed by atoms with Gasteiger partial charge < -0.3 is 4.74 Å². The maximum absolute atomic E-state index is 5.58. The number of hydrogen-bond donors (Lipinski definition) is 0. The second kappa shape index (κ2) is 5.77. The van der Waals surface area contributed by atoms with Crippen LogP contribution >= 0.6 is 0 Å². The Morgan fingerprint density at radius 3 is 2.80 bits per heavy atom. The van der Waals surface area contributed by atoms with Crippen molar-refractivity contribution in [3.8, 4) is 5.75 Å². The lowest BCUT2D eigenvalue weighted by molar-refractivity contribution is 0.0692. The fraction of sp³-hybridized carbons (Fsp3) is 0.667. The average Bonchev–Trinajstić information content (AvgIpc) is 2.48. The van der Waals surface area contributed by atoms with Crippen LogP contribution in [0.2, 0.25) is 0 Å². The zero-order valence-corrected chi connectivity index (χ0v) is 13.1. The first-order chi connectivity index (χ1) is 9.69. The lowest BCUT2D eigenvalue weighted by Crippen LogP contribution is -2.49. The minimum absolute atomic E-state index is 0.705. The van der Waals surface area contributed by atoms with Gasteiger partial charge in [0.1, 0.15) is 5.75 Å². The van der Waals surface area contributed by atoms with Crippen molar-refractivity contribution in [2.24, 2.45) is 5.92 Å². The molecule has 2 heteroatoms. The van der Waals surface area contributed by atoms with Crippen LogP contribution in [0, 0.1) is 5.92 Å². The Hall–Kier alpha value is -1.02. The van der Waals surface area contributed by atoms with Crippen molar-refractivity contribution in [1.82, 2.24) is 4.90 Å². The van der Waals surface area contributed by atoms with Crippen molar-refractivity contribution in [2.45, 2.75) is 58.0 Å². The van der Waals surface area contributed by atoms with Gasteiger partial charge in [-0.05, 0) is 62.1 Å². The molecule has 3 atom stereocenters. The molecular formula is C18H27NO. The Balaban J connectivity index is 1.80. The Labute approximate surface area is 123 Å². The van der Waals surface area contributed by atoms with Gasteiger partial charge in [0.25, 0.3) is 0 Å². The van der Waals surface area contributed by atoms with Crippen molar-refractivity contribution >= 4 is 0 Å². The summed E-state index contributed by atoms with van der Waals surface area (Å²) in [6, 6.07) is 7.97. The van der Waals surface area contributed by atoms with E-state index in [9.17, 15) is 0 Å². The maximum atomic E-state index is 5.58. The van der Waals surface area contributed by atoms with E-state index in [0.29, 0.717) is 6.04 Å². The molecule has 2 aliphatic rings. The summed E-state index contributed by atoms with van der Waals surface area (Å²) in [7, 11) is 1.80. The van der Waals surface area contributed by atoms with Crippen molar-refractivity contribution in [3.05, 3.63) is 29.3 Å². The first-order valence-corrected chi connectivity index (χ1v) is 8.09. The molecule has 1 aromatic carbocycles. The van der Waals surface area contributed by atoms with Crippen LogP contribution < -0.4 is 4.74 Å². The number of benzene rings is 1. The minimum atomic E-state index is 0.705. The first kappa shape index (κ1) is 13.9. The van der Waals surface area contributed by atoms with E-state index >= 15 is 0 Å². The van der Waals surface area contributed by atoms with Crippen molar-refractivity contribution < 1.29 is 4.74 Å². The molecule has 0 radical (unpaired) electrons. The molecule has 0 spiro atoms. The van der Waals surface area contributed by atoms with Gasteiger partial charge in [-0.1, -0.05) is 19.1 Å². The largest absolute Gasteiger partial charge is 0.496 e. The van der Waals surface area contributed by atoms with Crippen LogP contribution in [-0.4, -0.2) is 30.6 Å². The van der Waals surface area contributed by atoms with Crippen LogP contribution in [0.5, 0.6) is 5.75 Å². The van der Waals surface area contributed by atoms with E-state index < -0.39 is 0 Å². The van der Waals surface area contributed by atoms with Crippen LogP contribution in [0.4, 0.5) is 0 Å². The summed E-state index contributed by atoms with van der Waals surface area (Å²) in [6.07, 6.45) is 6.42. The smallest absolute Gasteiger partial charge is 0.122 e. The maximum Gasteiger partial charge on any atom is 0.122 e. The Morgan fingerprint density at radius 2 is 2.00 bits per heavy atom. The van der Waals surface area contributed by atoms with Crippen LogP contribution in [-0.2, 0) is 12.8 Å². The number of fused-ring (bicyclic) bond motifs is 1. The van der Waals surface area contributed by atoms with E-state index in [1.807, 2.05) is 0 Å². The van der Waals surface area contributed by atoms with E-state index in [2.05, 4.69) is 36.9 Å². The number of hydrogen-bond acceptors (Lipinski definition) is 2. The molecule has 0 saturated carbocycles. The fourth-order valence-corrected chi connectivity index (χ4v) is 4.04. The summed E-state index contributed by atoms with van der Waals surface area (Å²) in [5, 5.41) is 0. The zero-order valence-electron chi connectivity index (χ0n) is 13.1. The summed E-state index contributed by atoms with van der Waals surface area (Å²) >= 11 is 0. The van der Waals surface area contributed by atoms with E-state index in [1.54, 1.807) is 7.11 Å². The number of rotatable bonds is 2. The Morgan fingerprint density at radius 1 is 1.15 bits per heavy atom. The van der Waals surface area contributed by atoms with E-state index in [4.69, 9.17) is 4.74 Å². The first-order valence-electron chi connectivity index (χ1n) is 8.09. The lowest BCUT2D eigenvalue weighted by atomic mass is 9.84. The monoisotopic (exact) mass is 273 g/mol. The highest BCUT2D eigenvalue weighted by molar-refractivity contribution is 5.42. The zero-order chi connectivity index (χ0) is 14.1. The molecular weight excluding hydrogens is 246 g/mol. The number of nitrogens with zero attached hydrogens (tertiary/aromatic N) is 1. The third kappa shape index (κ3) is 2.58. The highest BCUT2D eigenvalue weighted by Gasteiger charge is 2.32. The summed E-state index contributed by atoms with van der Waals surface area (Å²) in [5.41, 5.74) is 2.95. The van der Waals surface area contributed by atoms with Crippen LogP contribution in [0.25, 0.3) is 0 Å². The lowest BCUT2D eigenvalue weighted by Gasteiger charge is -2.44. The van der Waals surface area contributed by atoms with Crippen molar-refractivity contribution in [2.75, 3.05) is 13.7 Å². The van der Waals surface area contributed by atoms with Crippen LogP contribution in [0.1, 0.15) is 44.2 Å². The van der Waals surface area contributed by atoms with Gasteiger partial charge in [0, 0.05) is 18.6 Å². The molecule has 1 heterocycles. The van der Waals surface area contributed by atoms with Gasteiger partial charge in [-0.3, -0.25) is 4.90 Å². The number of aryl methyl sites for hydroxylation is 1. The van der Waals surface area contributed by atoms with Gasteiger partial charge in [-0.2, -0.15) is 0 Å². The van der Waals surface area contributed by atoms with Gasteiger partial charge in [0.2, 0.25) is 0 Å². The van der Waals surface area contributed by atoms with E-state index in [1.165, 1.54) is 43.4 Å². The summed E-state index contributed by atoms with van der Waals surface area (Å²) in [4.78, 5) is 2.77. The molecule has 0 aromatic heterocycles. The van der Waals surface area contributed by atoms with Gasteiger partial charge in [0.05, 0.1) is 7.11 Å². The number of methoxy groups -OCH3 is 1. The van der Waals surface area contributed by atoms with Crippen LogP contribution in [0.3, 0.4) is 0 Å². The number of ether oxygens (including phenoxy) is 1. The third-order valence-electron chi connectivity index (χ3n) is 5.27. The van der Waals surface area contributed by atoms with Crippen molar-refractivity contribution in [3.63, 3.8) is 0 Å². The molecule has 1 fully saturated rings. The van der Waals surface area contributed by atoms with Gasteiger partial charge in [0.15, 0.2) is 0 Å². The summed E-state index contributed by atoms with van der Waals surface area (Å²) < 4.78 is 5.58. The number of likely N-dealkylation sites (tertiary alicyclic amines) is 1. The second-order valence-corrected chi connectivity index (χ2v) is 6.72. The fourth-order valence-electron chi connectivity index (χ4n) is 4.04.